The molecule has 0 saturated carbocycles. The van der Waals surface area contributed by atoms with E-state index >= 15 is 0 Å². The second-order valence-electron chi connectivity index (χ2n) is 2.65. The van der Waals surface area contributed by atoms with Gasteiger partial charge >= 0.3 is 0 Å². The van der Waals surface area contributed by atoms with Crippen molar-refractivity contribution in [1.82, 2.24) is 4.99 Å². The van der Waals surface area contributed by atoms with E-state index in [0.29, 0.717) is 0 Å². The summed E-state index contributed by atoms with van der Waals surface area (Å²) in [4.78, 5) is 8.19. The summed E-state index contributed by atoms with van der Waals surface area (Å²) in [5, 5.41) is 0. The molecule has 1 radical (unpaired) electrons. The first-order valence-corrected chi connectivity index (χ1v) is 4.18. The minimum Gasteiger partial charge on any atom is -0.251 e. The van der Waals surface area contributed by atoms with Gasteiger partial charge in [-0.1, -0.05) is 19.8 Å². The molecule has 1 aliphatic heterocycles. The summed E-state index contributed by atoms with van der Waals surface area (Å²) in [6.45, 7) is 2.21. The smallest absolute Gasteiger partial charge is 0.251 e. The highest BCUT2D eigenvalue weighted by Crippen LogP contribution is 1.99. The zero-order valence-electron chi connectivity index (χ0n) is 6.95. The van der Waals surface area contributed by atoms with Crippen molar-refractivity contribution in [2.75, 3.05) is 0 Å². The highest BCUT2D eigenvalue weighted by atomic mass is 14.8. The molecular weight excluding hydrogens is 136 g/mol. The second kappa shape index (κ2) is 4.83. The van der Waals surface area contributed by atoms with E-state index in [-0.39, 0.29) is 0 Å². The highest BCUT2D eigenvalue weighted by molar-refractivity contribution is 6.30. The summed E-state index contributed by atoms with van der Waals surface area (Å²) in [5.41, 5.74) is 1.11. The molecule has 0 bridgehead atoms. The van der Waals surface area contributed by atoms with E-state index in [4.69, 9.17) is 0 Å². The first-order valence-electron chi connectivity index (χ1n) is 4.18. The molecule has 0 aromatic heterocycles. The Morgan fingerprint density at radius 2 is 2.36 bits per heavy atom. The molecule has 0 spiro atoms. The Bertz CT molecular complexity index is 190. The van der Waals surface area contributed by atoms with E-state index in [1.165, 1.54) is 19.3 Å². The SMILES string of the molecule is CCCCCC1=[N+]C=CN=C1. The quantitative estimate of drug-likeness (QED) is 0.547. The highest BCUT2D eigenvalue weighted by Gasteiger charge is 2.07. The van der Waals surface area contributed by atoms with Gasteiger partial charge in [-0.05, 0) is 6.42 Å². The van der Waals surface area contributed by atoms with Crippen LogP contribution in [0, 0.1) is 0 Å². The fourth-order valence-electron chi connectivity index (χ4n) is 1.02. The van der Waals surface area contributed by atoms with Gasteiger partial charge in [0, 0.05) is 6.42 Å². The van der Waals surface area contributed by atoms with E-state index in [1.807, 2.05) is 6.21 Å². The number of rotatable bonds is 4. The Morgan fingerprint density at radius 3 is 3.00 bits per heavy atom. The van der Waals surface area contributed by atoms with Gasteiger partial charge in [-0.25, -0.2) is 0 Å². The Kier molecular flexibility index (Phi) is 3.59. The van der Waals surface area contributed by atoms with Crippen LogP contribution in [0.5, 0.6) is 0 Å². The fourth-order valence-corrected chi connectivity index (χ4v) is 1.02. The van der Waals surface area contributed by atoms with Crippen molar-refractivity contribution < 1.29 is 0 Å². The monoisotopic (exact) mass is 150 g/mol. The van der Waals surface area contributed by atoms with Crippen LogP contribution in [0.1, 0.15) is 32.6 Å². The maximum Gasteiger partial charge on any atom is 0.272 e. The average Bonchev–Trinajstić information content (AvgIpc) is 2.07. The topological polar surface area (TPSA) is 26.5 Å². The van der Waals surface area contributed by atoms with Gasteiger partial charge < -0.3 is 0 Å². The van der Waals surface area contributed by atoms with Crippen molar-refractivity contribution in [2.24, 2.45) is 4.99 Å². The van der Waals surface area contributed by atoms with E-state index in [0.717, 1.165) is 12.1 Å². The van der Waals surface area contributed by atoms with Gasteiger partial charge in [-0.2, -0.15) is 0 Å². The van der Waals surface area contributed by atoms with E-state index in [9.17, 15) is 0 Å². The van der Waals surface area contributed by atoms with Crippen molar-refractivity contribution >= 4 is 11.9 Å². The summed E-state index contributed by atoms with van der Waals surface area (Å²) < 4.78 is 0. The third kappa shape index (κ3) is 3.12. The molecule has 0 aromatic rings. The maximum atomic E-state index is 4.19. The minimum absolute atomic E-state index is 1.07. The molecule has 1 rings (SSSR count). The standard InChI is InChI=1S/C9H14N2/c1-2-3-4-5-9-8-10-6-7-11-9/h6-8H,2-5H2,1H3/q+1. The number of hydrogen-bond acceptors (Lipinski definition) is 2. The molecule has 0 unspecified atom stereocenters. The van der Waals surface area contributed by atoms with Crippen LogP contribution in [-0.4, -0.2) is 11.9 Å². The van der Waals surface area contributed by atoms with Crippen LogP contribution in [0.15, 0.2) is 17.4 Å². The molecule has 0 amide bonds. The molecular formula is C9H14N2+. The molecule has 0 aromatic carbocycles. The molecule has 0 aliphatic carbocycles. The predicted octanol–water partition coefficient (Wildman–Crippen LogP) is 1.90. The van der Waals surface area contributed by atoms with E-state index in [2.05, 4.69) is 16.9 Å². The van der Waals surface area contributed by atoms with Crippen LogP contribution >= 0.6 is 0 Å². The molecule has 59 valence electrons. The Morgan fingerprint density at radius 1 is 1.45 bits per heavy atom. The van der Waals surface area contributed by atoms with Gasteiger partial charge in [0.1, 0.15) is 6.21 Å². The lowest BCUT2D eigenvalue weighted by molar-refractivity contribution is 0.743. The third-order valence-electron chi connectivity index (χ3n) is 1.65. The molecule has 2 nitrogen and oxygen atoms in total. The van der Waals surface area contributed by atoms with E-state index in [1.54, 1.807) is 12.4 Å². The number of aliphatic imine (C=N–C) groups is 2. The average molecular weight is 150 g/mol. The molecule has 11 heavy (non-hydrogen) atoms. The summed E-state index contributed by atoms with van der Waals surface area (Å²) >= 11 is 0. The number of hydrogen-bond donors (Lipinski definition) is 0. The third-order valence-corrected chi connectivity index (χ3v) is 1.65. The van der Waals surface area contributed by atoms with Crippen molar-refractivity contribution in [2.45, 2.75) is 32.6 Å². The molecule has 1 aliphatic rings. The number of unbranched alkanes of at least 4 members (excludes halogenated alkanes) is 2. The van der Waals surface area contributed by atoms with Crippen molar-refractivity contribution in [3.05, 3.63) is 12.4 Å². The molecule has 0 atom stereocenters. The summed E-state index contributed by atoms with van der Waals surface area (Å²) in [7, 11) is 0. The predicted molar refractivity (Wildman–Crippen MR) is 48.9 cm³/mol. The Labute approximate surface area is 67.8 Å². The van der Waals surface area contributed by atoms with Gasteiger partial charge in [0.05, 0.1) is 11.2 Å². The van der Waals surface area contributed by atoms with Crippen LogP contribution < -0.4 is 4.99 Å². The van der Waals surface area contributed by atoms with Gasteiger partial charge in [-0.15, -0.1) is 0 Å². The minimum atomic E-state index is 1.07. The van der Waals surface area contributed by atoms with Crippen molar-refractivity contribution in [1.29, 1.82) is 0 Å². The molecule has 0 N–H and O–H groups in total. The van der Waals surface area contributed by atoms with Crippen molar-refractivity contribution in [3.63, 3.8) is 0 Å². The first-order chi connectivity index (χ1) is 5.43. The van der Waals surface area contributed by atoms with Crippen LogP contribution in [-0.2, 0) is 0 Å². The Balaban J connectivity index is 2.21. The normalized spacial score (nSPS) is 15.2. The fraction of sp³-hybridized carbons (Fsp3) is 0.556. The van der Waals surface area contributed by atoms with Gasteiger partial charge in [0.25, 0.3) is 11.9 Å². The van der Waals surface area contributed by atoms with Gasteiger partial charge in [0.2, 0.25) is 0 Å². The lowest BCUT2D eigenvalue weighted by atomic mass is 10.1. The maximum absolute atomic E-state index is 4.19. The summed E-state index contributed by atoms with van der Waals surface area (Å²) in [6.07, 6.45) is 10.2. The summed E-state index contributed by atoms with van der Waals surface area (Å²) in [5.74, 6) is 0. The van der Waals surface area contributed by atoms with Crippen LogP contribution in [0.2, 0.25) is 0 Å². The summed E-state index contributed by atoms with van der Waals surface area (Å²) in [6, 6.07) is 0. The van der Waals surface area contributed by atoms with Crippen LogP contribution in [0.3, 0.4) is 0 Å². The lowest BCUT2D eigenvalue weighted by Crippen LogP contribution is -2.08. The Hall–Kier alpha value is -0.920. The molecule has 2 heteroatoms. The number of nitrogens with zero attached hydrogens (tertiary/aromatic N) is 2. The second-order valence-corrected chi connectivity index (χ2v) is 2.65. The largest absolute Gasteiger partial charge is 0.272 e. The van der Waals surface area contributed by atoms with Gasteiger partial charge in [-0.3, -0.25) is 4.99 Å². The van der Waals surface area contributed by atoms with Crippen LogP contribution in [0.25, 0.3) is 0 Å². The van der Waals surface area contributed by atoms with Crippen molar-refractivity contribution in [3.8, 4) is 0 Å². The zero-order valence-corrected chi connectivity index (χ0v) is 6.95. The first kappa shape index (κ1) is 8.18. The van der Waals surface area contributed by atoms with E-state index < -0.39 is 0 Å². The lowest BCUT2D eigenvalue weighted by Gasteiger charge is -1.91. The molecule has 1 heterocycles. The molecule has 0 saturated heterocycles. The zero-order chi connectivity index (χ0) is 7.94. The van der Waals surface area contributed by atoms with Crippen LogP contribution in [0.4, 0.5) is 0 Å². The molecule has 0 fully saturated rings. The van der Waals surface area contributed by atoms with Gasteiger partial charge in [0.15, 0.2) is 0 Å².